The highest BCUT2D eigenvalue weighted by atomic mass is 32.2. The zero-order chi connectivity index (χ0) is 17.9. The van der Waals surface area contributed by atoms with Crippen LogP contribution in [-0.2, 0) is 16.4 Å². The van der Waals surface area contributed by atoms with Gasteiger partial charge in [0.05, 0.1) is 5.75 Å². The van der Waals surface area contributed by atoms with Gasteiger partial charge >= 0.3 is 0 Å². The number of hydrogen-bond donors (Lipinski definition) is 1. The average molecular weight is 361 g/mol. The third-order valence-electron chi connectivity index (χ3n) is 4.47. The molecule has 8 heteroatoms. The summed E-state index contributed by atoms with van der Waals surface area (Å²) in [6, 6.07) is 5.82. The van der Waals surface area contributed by atoms with Gasteiger partial charge in [0.25, 0.3) is 0 Å². The van der Waals surface area contributed by atoms with Crippen LogP contribution >= 0.6 is 0 Å². The molecule has 0 amide bonds. The zero-order valence-corrected chi connectivity index (χ0v) is 15.1. The second kappa shape index (κ2) is 7.45. The molecule has 1 aliphatic heterocycles. The Bertz CT molecular complexity index is 818. The highest BCUT2D eigenvalue weighted by Crippen LogP contribution is 2.25. The number of primary sulfonamides is 1. The topological polar surface area (TPSA) is 102 Å². The van der Waals surface area contributed by atoms with Crippen molar-refractivity contribution >= 4 is 15.8 Å². The molecular weight excluding hydrogens is 338 g/mol. The molecule has 0 atom stereocenters. The van der Waals surface area contributed by atoms with Crippen LogP contribution in [0.1, 0.15) is 25.5 Å². The van der Waals surface area contributed by atoms with Crippen molar-refractivity contribution in [2.24, 2.45) is 11.1 Å². The van der Waals surface area contributed by atoms with Gasteiger partial charge in [-0.05, 0) is 37.3 Å². The number of rotatable bonds is 5. The normalized spacial score (nSPS) is 16.2. The van der Waals surface area contributed by atoms with Gasteiger partial charge in [0.2, 0.25) is 10.0 Å². The molecule has 3 heterocycles. The summed E-state index contributed by atoms with van der Waals surface area (Å²) < 4.78 is 22.5. The van der Waals surface area contributed by atoms with Crippen LogP contribution in [0.25, 0.3) is 11.4 Å². The molecule has 3 rings (SSSR count). The van der Waals surface area contributed by atoms with E-state index in [1.54, 1.807) is 12.4 Å². The fraction of sp³-hybridized carbons (Fsp3) is 0.471. The Kier molecular flexibility index (Phi) is 5.29. The predicted octanol–water partition coefficient (Wildman–Crippen LogP) is 1.61. The van der Waals surface area contributed by atoms with E-state index in [2.05, 4.69) is 21.8 Å². The number of nitrogens with two attached hydrogens (primary N) is 1. The molecule has 134 valence electrons. The molecule has 0 aliphatic carbocycles. The summed E-state index contributed by atoms with van der Waals surface area (Å²) in [6.07, 6.45) is 5.89. The highest BCUT2D eigenvalue weighted by molar-refractivity contribution is 7.89. The van der Waals surface area contributed by atoms with Gasteiger partial charge in [0.15, 0.2) is 5.82 Å². The van der Waals surface area contributed by atoms with Crippen LogP contribution in [0.3, 0.4) is 0 Å². The first kappa shape index (κ1) is 17.8. The molecule has 0 aromatic carbocycles. The van der Waals surface area contributed by atoms with E-state index < -0.39 is 10.0 Å². The second-order valence-corrected chi connectivity index (χ2v) is 8.05. The van der Waals surface area contributed by atoms with E-state index in [0.29, 0.717) is 5.82 Å². The Morgan fingerprint density at radius 1 is 1.20 bits per heavy atom. The van der Waals surface area contributed by atoms with Crippen molar-refractivity contribution in [2.45, 2.75) is 26.2 Å². The molecule has 0 unspecified atom stereocenters. The Labute approximate surface area is 148 Å². The van der Waals surface area contributed by atoms with Gasteiger partial charge in [-0.1, -0.05) is 6.92 Å². The standard InChI is InChI=1S/C17H23N5O2S/c1-2-15-11-16(21-17(20-15)14-3-7-19-8-4-14)22-9-5-13(6-10-22)12-25(18,23)24/h3-4,7-8,11,13H,2,5-6,9-10,12H2,1H3,(H2,18,23,24). The maximum absolute atomic E-state index is 11.3. The number of piperidine rings is 1. The van der Waals surface area contributed by atoms with Gasteiger partial charge in [-0.15, -0.1) is 0 Å². The van der Waals surface area contributed by atoms with Crippen molar-refractivity contribution in [1.29, 1.82) is 0 Å². The van der Waals surface area contributed by atoms with Gasteiger partial charge in [-0.25, -0.2) is 23.5 Å². The number of sulfonamides is 1. The molecule has 0 bridgehead atoms. The summed E-state index contributed by atoms with van der Waals surface area (Å²) in [4.78, 5) is 15.6. The molecule has 0 spiro atoms. The van der Waals surface area contributed by atoms with Gasteiger partial charge in [0.1, 0.15) is 5.82 Å². The van der Waals surface area contributed by atoms with Crippen LogP contribution in [0.2, 0.25) is 0 Å². The van der Waals surface area contributed by atoms with Crippen LogP contribution in [-0.4, -0.2) is 42.2 Å². The molecule has 25 heavy (non-hydrogen) atoms. The third-order valence-corrected chi connectivity index (χ3v) is 5.41. The van der Waals surface area contributed by atoms with E-state index >= 15 is 0 Å². The summed E-state index contributed by atoms with van der Waals surface area (Å²) in [5, 5.41) is 5.17. The minimum absolute atomic E-state index is 0.0626. The zero-order valence-electron chi connectivity index (χ0n) is 14.3. The lowest BCUT2D eigenvalue weighted by atomic mass is 9.99. The lowest BCUT2D eigenvalue weighted by Gasteiger charge is -2.32. The van der Waals surface area contributed by atoms with Crippen LogP contribution < -0.4 is 10.0 Å². The maximum Gasteiger partial charge on any atom is 0.209 e. The van der Waals surface area contributed by atoms with Gasteiger partial charge in [-0.2, -0.15) is 0 Å². The Balaban J connectivity index is 1.79. The maximum atomic E-state index is 11.3. The molecule has 7 nitrogen and oxygen atoms in total. The van der Waals surface area contributed by atoms with Gasteiger partial charge < -0.3 is 4.90 Å². The first-order valence-electron chi connectivity index (χ1n) is 8.48. The molecule has 2 N–H and O–H groups in total. The van der Waals surface area contributed by atoms with E-state index in [1.807, 2.05) is 18.2 Å². The first-order valence-corrected chi connectivity index (χ1v) is 10.2. The molecular formula is C17H23N5O2S. The average Bonchev–Trinajstić information content (AvgIpc) is 2.61. The number of nitrogens with zero attached hydrogens (tertiary/aromatic N) is 4. The fourth-order valence-corrected chi connectivity index (χ4v) is 4.10. The van der Waals surface area contributed by atoms with Crippen molar-refractivity contribution < 1.29 is 8.42 Å². The predicted molar refractivity (Wildman–Crippen MR) is 97.6 cm³/mol. The molecule has 1 aliphatic rings. The fourth-order valence-electron chi connectivity index (χ4n) is 3.11. The SMILES string of the molecule is CCc1cc(N2CCC(CS(N)(=O)=O)CC2)nc(-c2ccncc2)n1. The molecule has 1 fully saturated rings. The monoisotopic (exact) mass is 361 g/mol. The minimum atomic E-state index is -3.41. The molecule has 2 aromatic rings. The van der Waals surface area contributed by atoms with E-state index in [4.69, 9.17) is 10.1 Å². The number of aryl methyl sites for hydroxylation is 1. The van der Waals surface area contributed by atoms with E-state index in [0.717, 1.165) is 49.4 Å². The minimum Gasteiger partial charge on any atom is -0.356 e. The number of pyridine rings is 1. The molecule has 2 aromatic heterocycles. The summed E-state index contributed by atoms with van der Waals surface area (Å²) in [5.74, 6) is 1.78. The lowest BCUT2D eigenvalue weighted by Crippen LogP contribution is -2.37. The Morgan fingerprint density at radius 3 is 2.48 bits per heavy atom. The largest absolute Gasteiger partial charge is 0.356 e. The summed E-state index contributed by atoms with van der Waals surface area (Å²) >= 11 is 0. The van der Waals surface area contributed by atoms with Crippen molar-refractivity contribution in [1.82, 2.24) is 15.0 Å². The summed E-state index contributed by atoms with van der Waals surface area (Å²) in [6.45, 7) is 3.62. The van der Waals surface area contributed by atoms with Crippen molar-refractivity contribution in [2.75, 3.05) is 23.7 Å². The van der Waals surface area contributed by atoms with Crippen LogP contribution in [0.15, 0.2) is 30.6 Å². The highest BCUT2D eigenvalue weighted by Gasteiger charge is 2.24. The molecule has 1 saturated heterocycles. The van der Waals surface area contributed by atoms with E-state index in [1.165, 1.54) is 0 Å². The van der Waals surface area contributed by atoms with Gasteiger partial charge in [0, 0.05) is 42.8 Å². The smallest absolute Gasteiger partial charge is 0.209 e. The first-order chi connectivity index (χ1) is 11.9. The Morgan fingerprint density at radius 2 is 1.88 bits per heavy atom. The van der Waals surface area contributed by atoms with E-state index in [9.17, 15) is 8.42 Å². The number of aromatic nitrogens is 3. The number of anilines is 1. The molecule has 0 radical (unpaired) electrons. The van der Waals surface area contributed by atoms with Crippen LogP contribution in [0.4, 0.5) is 5.82 Å². The van der Waals surface area contributed by atoms with E-state index in [-0.39, 0.29) is 11.7 Å². The van der Waals surface area contributed by atoms with Crippen molar-refractivity contribution in [3.8, 4) is 11.4 Å². The molecule has 0 saturated carbocycles. The van der Waals surface area contributed by atoms with Crippen LogP contribution in [0.5, 0.6) is 0 Å². The second-order valence-electron chi connectivity index (χ2n) is 6.39. The quantitative estimate of drug-likeness (QED) is 0.868. The van der Waals surface area contributed by atoms with Gasteiger partial charge in [-0.3, -0.25) is 4.98 Å². The number of hydrogen-bond acceptors (Lipinski definition) is 6. The summed E-state index contributed by atoms with van der Waals surface area (Å²) in [5.41, 5.74) is 1.93. The lowest BCUT2D eigenvalue weighted by molar-refractivity contribution is 0.434. The van der Waals surface area contributed by atoms with Crippen molar-refractivity contribution in [3.63, 3.8) is 0 Å². The third kappa shape index (κ3) is 4.73. The van der Waals surface area contributed by atoms with Crippen molar-refractivity contribution in [3.05, 3.63) is 36.3 Å². The van der Waals surface area contributed by atoms with Crippen LogP contribution in [0, 0.1) is 5.92 Å². The summed E-state index contributed by atoms with van der Waals surface area (Å²) in [7, 11) is -3.41. The Hall–Kier alpha value is -2.06.